The van der Waals surface area contributed by atoms with Crippen LogP contribution in [0.1, 0.15) is 29.3 Å². The molecule has 3 rings (SSSR count). The van der Waals surface area contributed by atoms with Crippen LogP contribution in [-0.2, 0) is 6.42 Å². The summed E-state index contributed by atoms with van der Waals surface area (Å²) in [4.78, 5) is 12.2. The molecule has 0 bridgehead atoms. The molecule has 0 aromatic heterocycles. The van der Waals surface area contributed by atoms with E-state index in [0.29, 0.717) is 5.56 Å². The van der Waals surface area contributed by atoms with Gasteiger partial charge in [0, 0.05) is 5.69 Å². The molecule has 2 aromatic carbocycles. The van der Waals surface area contributed by atoms with E-state index in [4.69, 9.17) is 0 Å². The summed E-state index contributed by atoms with van der Waals surface area (Å²) in [5, 5.41) is 15.7. The van der Waals surface area contributed by atoms with Crippen molar-refractivity contribution in [3.63, 3.8) is 0 Å². The second-order valence-corrected chi connectivity index (χ2v) is 5.62. The quantitative estimate of drug-likeness (QED) is 0.811. The van der Waals surface area contributed by atoms with Gasteiger partial charge in [-0.25, -0.2) is 0 Å². The summed E-state index contributed by atoms with van der Waals surface area (Å²) < 4.78 is 0. The average Bonchev–Trinajstić information content (AvgIpc) is 2.47. The van der Waals surface area contributed by atoms with Gasteiger partial charge in [0.15, 0.2) is 0 Å². The topological polar surface area (TPSA) is 61.4 Å². The zero-order chi connectivity index (χ0) is 14.9. The van der Waals surface area contributed by atoms with Gasteiger partial charge in [-0.05, 0) is 49.6 Å². The second-order valence-electron chi connectivity index (χ2n) is 5.62. The van der Waals surface area contributed by atoms with Crippen LogP contribution < -0.4 is 10.6 Å². The first kappa shape index (κ1) is 13.5. The maximum absolute atomic E-state index is 12.2. The number of rotatable bonds is 3. The zero-order valence-electron chi connectivity index (χ0n) is 11.9. The van der Waals surface area contributed by atoms with Crippen LogP contribution in [0.4, 0.5) is 5.69 Å². The molecule has 1 unspecified atom stereocenters. The molecule has 0 spiro atoms. The Labute approximate surface area is 123 Å². The first-order chi connectivity index (χ1) is 10.1. The lowest BCUT2D eigenvalue weighted by molar-refractivity contribution is 0.0903. The van der Waals surface area contributed by atoms with Gasteiger partial charge in [0.05, 0.1) is 5.56 Å². The molecule has 0 saturated carbocycles. The number of fused-ring (bicyclic) bond motifs is 1. The number of anilines is 1. The molecule has 0 radical (unpaired) electrons. The molecule has 4 nitrogen and oxygen atoms in total. The molecule has 1 aliphatic heterocycles. The minimum absolute atomic E-state index is 0.0439. The van der Waals surface area contributed by atoms with E-state index in [1.54, 1.807) is 12.1 Å². The van der Waals surface area contributed by atoms with Gasteiger partial charge >= 0.3 is 0 Å². The predicted molar refractivity (Wildman–Crippen MR) is 82.4 cm³/mol. The van der Waals surface area contributed by atoms with Crippen molar-refractivity contribution in [3.05, 3.63) is 59.7 Å². The van der Waals surface area contributed by atoms with Gasteiger partial charge in [0.2, 0.25) is 0 Å². The second kappa shape index (κ2) is 5.13. The lowest BCUT2D eigenvalue weighted by Crippen LogP contribution is -2.55. The Kier molecular flexibility index (Phi) is 3.29. The van der Waals surface area contributed by atoms with Crippen LogP contribution in [0.25, 0.3) is 0 Å². The number of phenolic OH excluding ortho intramolecular Hbond substituents is 1. The van der Waals surface area contributed by atoms with E-state index in [0.717, 1.165) is 24.1 Å². The maximum atomic E-state index is 12.2. The van der Waals surface area contributed by atoms with E-state index in [-0.39, 0.29) is 11.7 Å². The fourth-order valence-electron chi connectivity index (χ4n) is 2.62. The van der Waals surface area contributed by atoms with Crippen LogP contribution in [0.2, 0.25) is 0 Å². The van der Waals surface area contributed by atoms with Gasteiger partial charge in [0.1, 0.15) is 11.4 Å². The van der Waals surface area contributed by atoms with Gasteiger partial charge in [-0.3, -0.25) is 4.79 Å². The molecule has 0 saturated heterocycles. The summed E-state index contributed by atoms with van der Waals surface area (Å²) in [6, 6.07) is 14.7. The molecule has 21 heavy (non-hydrogen) atoms. The van der Waals surface area contributed by atoms with Crippen LogP contribution in [-0.4, -0.2) is 16.7 Å². The summed E-state index contributed by atoms with van der Waals surface area (Å²) in [5.41, 5.74) is 2.21. The van der Waals surface area contributed by atoms with Crippen LogP contribution in [0.15, 0.2) is 48.5 Å². The van der Waals surface area contributed by atoms with Crippen molar-refractivity contribution in [2.75, 3.05) is 5.32 Å². The van der Waals surface area contributed by atoms with E-state index in [2.05, 4.69) is 10.6 Å². The third-order valence-corrected chi connectivity index (χ3v) is 3.82. The van der Waals surface area contributed by atoms with Crippen LogP contribution in [0.5, 0.6) is 5.75 Å². The minimum Gasteiger partial charge on any atom is -0.508 e. The monoisotopic (exact) mass is 282 g/mol. The molecule has 0 aliphatic carbocycles. The largest absolute Gasteiger partial charge is 0.508 e. The van der Waals surface area contributed by atoms with Gasteiger partial charge in [-0.2, -0.15) is 0 Å². The molecular weight excluding hydrogens is 264 g/mol. The molecule has 0 fully saturated rings. The molecule has 3 N–H and O–H groups in total. The van der Waals surface area contributed by atoms with Crippen molar-refractivity contribution in [3.8, 4) is 5.75 Å². The number of aromatic hydroxyl groups is 1. The number of aryl methyl sites for hydroxylation is 1. The molecular formula is C17H18N2O2. The lowest BCUT2D eigenvalue weighted by Gasteiger charge is -2.37. The minimum atomic E-state index is -0.469. The molecule has 1 heterocycles. The van der Waals surface area contributed by atoms with Crippen molar-refractivity contribution in [1.29, 1.82) is 0 Å². The highest BCUT2D eigenvalue weighted by Gasteiger charge is 2.32. The molecule has 1 aliphatic rings. The first-order valence-electron chi connectivity index (χ1n) is 7.03. The van der Waals surface area contributed by atoms with E-state index in [1.165, 1.54) is 0 Å². The van der Waals surface area contributed by atoms with Crippen LogP contribution >= 0.6 is 0 Å². The zero-order valence-corrected chi connectivity index (χ0v) is 11.9. The summed E-state index contributed by atoms with van der Waals surface area (Å²) in [6.07, 6.45) is 1.57. The molecule has 4 heteroatoms. The highest BCUT2D eigenvalue weighted by atomic mass is 16.3. The lowest BCUT2D eigenvalue weighted by atomic mass is 9.97. The number of benzene rings is 2. The number of carbonyl (C=O) groups is 1. The smallest absolute Gasteiger partial charge is 0.255 e. The van der Waals surface area contributed by atoms with Crippen LogP contribution in [0.3, 0.4) is 0 Å². The Morgan fingerprint density at radius 2 is 1.76 bits per heavy atom. The fraction of sp³-hybridized carbons (Fsp3) is 0.235. The van der Waals surface area contributed by atoms with E-state index in [9.17, 15) is 9.90 Å². The molecule has 1 atom stereocenters. The van der Waals surface area contributed by atoms with E-state index in [1.807, 2.05) is 43.3 Å². The van der Waals surface area contributed by atoms with Crippen molar-refractivity contribution < 1.29 is 9.90 Å². The van der Waals surface area contributed by atoms with E-state index < -0.39 is 5.66 Å². The Balaban J connectivity index is 1.74. The average molecular weight is 282 g/mol. The molecule has 1 amide bonds. The standard InChI is InChI=1S/C17H18N2O2/c1-17(11-10-12-6-8-13(20)9-7-12)18-15-5-3-2-4-14(15)16(21)19-17/h2-9,18,20H,10-11H2,1H3,(H,19,21). The van der Waals surface area contributed by atoms with Crippen molar-refractivity contribution in [2.24, 2.45) is 0 Å². The summed E-state index contributed by atoms with van der Waals surface area (Å²) in [7, 11) is 0. The normalized spacial score (nSPS) is 20.3. The van der Waals surface area contributed by atoms with E-state index >= 15 is 0 Å². The molecule has 108 valence electrons. The van der Waals surface area contributed by atoms with Gasteiger partial charge in [-0.1, -0.05) is 24.3 Å². The van der Waals surface area contributed by atoms with Crippen molar-refractivity contribution >= 4 is 11.6 Å². The highest BCUT2D eigenvalue weighted by molar-refractivity contribution is 6.02. The Morgan fingerprint density at radius 3 is 2.52 bits per heavy atom. The Bertz CT molecular complexity index is 667. The van der Waals surface area contributed by atoms with Crippen molar-refractivity contribution in [1.82, 2.24) is 5.32 Å². The number of amides is 1. The van der Waals surface area contributed by atoms with Gasteiger partial charge in [0.25, 0.3) is 5.91 Å². The highest BCUT2D eigenvalue weighted by Crippen LogP contribution is 2.27. The summed E-state index contributed by atoms with van der Waals surface area (Å²) in [5.74, 6) is 0.223. The number of phenols is 1. The number of hydrogen-bond acceptors (Lipinski definition) is 3. The van der Waals surface area contributed by atoms with Gasteiger partial charge < -0.3 is 15.7 Å². The van der Waals surface area contributed by atoms with Crippen molar-refractivity contribution in [2.45, 2.75) is 25.4 Å². The number of carbonyl (C=O) groups excluding carboxylic acids is 1. The fourth-order valence-corrected chi connectivity index (χ4v) is 2.62. The third-order valence-electron chi connectivity index (χ3n) is 3.82. The summed E-state index contributed by atoms with van der Waals surface area (Å²) in [6.45, 7) is 1.99. The third kappa shape index (κ3) is 2.84. The van der Waals surface area contributed by atoms with Gasteiger partial charge in [-0.15, -0.1) is 0 Å². The summed E-state index contributed by atoms with van der Waals surface area (Å²) >= 11 is 0. The first-order valence-corrected chi connectivity index (χ1v) is 7.03. The molecule has 2 aromatic rings. The Hall–Kier alpha value is -2.49. The number of hydrogen-bond donors (Lipinski definition) is 3. The Morgan fingerprint density at radius 1 is 1.05 bits per heavy atom. The number of para-hydroxylation sites is 1. The SMILES string of the molecule is CC1(CCc2ccc(O)cc2)NC(=O)c2ccccc2N1. The number of nitrogens with one attached hydrogen (secondary N) is 2. The van der Waals surface area contributed by atoms with Crippen LogP contribution in [0, 0.1) is 0 Å². The maximum Gasteiger partial charge on any atom is 0.255 e. The predicted octanol–water partition coefficient (Wildman–Crippen LogP) is 2.90.